The van der Waals surface area contributed by atoms with Crippen LogP contribution in [0.3, 0.4) is 0 Å². The van der Waals surface area contributed by atoms with Crippen molar-refractivity contribution in [2.24, 2.45) is 0 Å². The first-order valence-corrected chi connectivity index (χ1v) is 8.45. The average Bonchev–Trinajstić information content (AvgIpc) is 2.98. The van der Waals surface area contributed by atoms with Crippen molar-refractivity contribution in [2.75, 3.05) is 25.6 Å². The van der Waals surface area contributed by atoms with Crippen LogP contribution in [0.4, 0.5) is 5.82 Å². The maximum Gasteiger partial charge on any atom is 0.297 e. The van der Waals surface area contributed by atoms with Crippen LogP contribution in [0.1, 0.15) is 0 Å². The van der Waals surface area contributed by atoms with E-state index in [2.05, 4.69) is 31.2 Å². The molecule has 0 fully saturated rings. The van der Waals surface area contributed by atoms with E-state index in [0.29, 0.717) is 25.0 Å². The number of carbonyl (C=O) groups is 1. The van der Waals surface area contributed by atoms with Gasteiger partial charge in [0.15, 0.2) is 6.61 Å². The van der Waals surface area contributed by atoms with Gasteiger partial charge < -0.3 is 14.8 Å². The molecule has 25 heavy (non-hydrogen) atoms. The molecule has 0 unspecified atom stereocenters. The van der Waals surface area contributed by atoms with Crippen molar-refractivity contribution >= 4 is 38.7 Å². The molecule has 1 amide bonds. The van der Waals surface area contributed by atoms with Gasteiger partial charge in [-0.1, -0.05) is 12.1 Å². The number of nitrogens with zero attached hydrogens (tertiary/aromatic N) is 3. The number of ether oxygens (including phenoxy) is 2. The molecule has 3 rings (SSSR count). The molecule has 1 aromatic carbocycles. The van der Waals surface area contributed by atoms with E-state index in [1.807, 2.05) is 28.8 Å². The Morgan fingerprint density at radius 3 is 2.88 bits per heavy atom. The highest BCUT2D eigenvalue weighted by atomic mass is 79.9. The molecule has 2 heterocycles. The molecule has 0 atom stereocenters. The Hall–Kier alpha value is -2.45. The van der Waals surface area contributed by atoms with Crippen LogP contribution >= 0.6 is 15.9 Å². The lowest BCUT2D eigenvalue weighted by Crippen LogP contribution is -2.22. The number of hydrogen-bond donors (Lipinski definition) is 1. The van der Waals surface area contributed by atoms with E-state index in [0.717, 1.165) is 15.5 Å². The minimum absolute atomic E-state index is 0.159. The Bertz CT molecular complexity index is 864. The molecule has 0 bridgehead atoms. The van der Waals surface area contributed by atoms with Crippen LogP contribution in [-0.4, -0.2) is 40.8 Å². The van der Waals surface area contributed by atoms with E-state index in [9.17, 15) is 4.79 Å². The van der Waals surface area contributed by atoms with Crippen molar-refractivity contribution in [1.29, 1.82) is 0 Å². The van der Waals surface area contributed by atoms with E-state index in [1.165, 1.54) is 0 Å². The molecule has 0 radical (unpaired) electrons. The largest absolute Gasteiger partial charge is 0.455 e. The summed E-state index contributed by atoms with van der Waals surface area (Å²) in [6.45, 7) is 0.946. The zero-order valence-electron chi connectivity index (χ0n) is 13.6. The summed E-state index contributed by atoms with van der Waals surface area (Å²) in [5.74, 6) is 0.157. The van der Waals surface area contributed by atoms with Crippen LogP contribution in [0, 0.1) is 0 Å². The number of anilines is 1. The average molecular weight is 405 g/mol. The zero-order valence-corrected chi connectivity index (χ0v) is 15.2. The number of amides is 1. The number of rotatable bonds is 7. The minimum Gasteiger partial charge on any atom is -0.455 e. The fourth-order valence-corrected chi connectivity index (χ4v) is 2.56. The van der Waals surface area contributed by atoms with Gasteiger partial charge in [-0.15, -0.1) is 0 Å². The Morgan fingerprint density at radius 2 is 2.12 bits per heavy atom. The van der Waals surface area contributed by atoms with Crippen LogP contribution in [0.25, 0.3) is 11.0 Å². The predicted molar refractivity (Wildman–Crippen MR) is 97.7 cm³/mol. The predicted octanol–water partition coefficient (Wildman–Crippen LogP) is 2.86. The van der Waals surface area contributed by atoms with Gasteiger partial charge >= 0.3 is 0 Å². The standard InChI is InChI=1S/C17H17BrN4O3/c1-24-9-8-22-14-5-3-2-4-13(14)20-17(22)25-11-16(23)21-15-7-6-12(18)10-19-15/h2-7,10H,8-9,11H2,1H3,(H,19,21,23). The summed E-state index contributed by atoms with van der Waals surface area (Å²) < 4.78 is 13.5. The zero-order chi connectivity index (χ0) is 17.6. The quantitative estimate of drug-likeness (QED) is 0.654. The molecule has 0 aliphatic rings. The van der Waals surface area contributed by atoms with Gasteiger partial charge in [-0.25, -0.2) is 4.98 Å². The monoisotopic (exact) mass is 404 g/mol. The molecule has 130 valence electrons. The number of imidazole rings is 1. The Labute approximate surface area is 153 Å². The number of carbonyl (C=O) groups excluding carboxylic acids is 1. The van der Waals surface area contributed by atoms with Crippen molar-refractivity contribution in [3.8, 4) is 6.01 Å². The number of methoxy groups -OCH3 is 1. The molecule has 3 aromatic rings. The maximum atomic E-state index is 12.1. The van der Waals surface area contributed by atoms with Gasteiger partial charge in [0, 0.05) is 17.8 Å². The second-order valence-corrected chi connectivity index (χ2v) is 6.14. The molecule has 0 aliphatic carbocycles. The normalized spacial score (nSPS) is 10.8. The van der Waals surface area contributed by atoms with Crippen LogP contribution in [0.15, 0.2) is 47.1 Å². The number of fused-ring (bicyclic) bond motifs is 1. The number of nitrogens with one attached hydrogen (secondary N) is 1. The Balaban J connectivity index is 1.69. The van der Waals surface area contributed by atoms with Gasteiger partial charge in [-0.05, 0) is 40.2 Å². The first kappa shape index (κ1) is 17.4. The van der Waals surface area contributed by atoms with Gasteiger partial charge in [0.2, 0.25) is 0 Å². The van der Waals surface area contributed by atoms with Gasteiger partial charge in [0.05, 0.1) is 24.2 Å². The number of aromatic nitrogens is 3. The summed E-state index contributed by atoms with van der Waals surface area (Å²) in [4.78, 5) is 20.6. The Kier molecular flexibility index (Phi) is 5.62. The number of halogens is 1. The highest BCUT2D eigenvalue weighted by Gasteiger charge is 2.13. The fraction of sp³-hybridized carbons (Fsp3) is 0.235. The van der Waals surface area contributed by atoms with Gasteiger partial charge in [-0.2, -0.15) is 4.98 Å². The molecule has 8 heteroatoms. The Morgan fingerprint density at radius 1 is 1.28 bits per heavy atom. The van der Waals surface area contributed by atoms with Gasteiger partial charge in [0.1, 0.15) is 5.82 Å². The van der Waals surface area contributed by atoms with Crippen molar-refractivity contribution < 1.29 is 14.3 Å². The first-order valence-electron chi connectivity index (χ1n) is 7.66. The summed E-state index contributed by atoms with van der Waals surface area (Å²) in [5.41, 5.74) is 1.74. The smallest absolute Gasteiger partial charge is 0.297 e. The third-order valence-electron chi connectivity index (χ3n) is 3.47. The molecular weight excluding hydrogens is 388 g/mol. The molecule has 0 aliphatic heterocycles. The van der Waals surface area contributed by atoms with E-state index in [-0.39, 0.29) is 12.5 Å². The van der Waals surface area contributed by atoms with Crippen molar-refractivity contribution in [1.82, 2.24) is 14.5 Å². The minimum atomic E-state index is -0.305. The van der Waals surface area contributed by atoms with Gasteiger partial charge in [0.25, 0.3) is 11.9 Å². The molecule has 1 N–H and O–H groups in total. The SMILES string of the molecule is COCCn1c(OCC(=O)Nc2ccc(Br)cn2)nc2ccccc21. The summed E-state index contributed by atoms with van der Waals surface area (Å²) in [7, 11) is 1.64. The molecule has 0 saturated carbocycles. The summed E-state index contributed by atoms with van der Waals surface area (Å²) in [5, 5.41) is 2.68. The van der Waals surface area contributed by atoms with Crippen LogP contribution in [0.5, 0.6) is 6.01 Å². The molecule has 0 saturated heterocycles. The second kappa shape index (κ2) is 8.09. The van der Waals surface area contributed by atoms with Gasteiger partial charge in [-0.3, -0.25) is 9.36 Å². The highest BCUT2D eigenvalue weighted by molar-refractivity contribution is 9.10. The van der Waals surface area contributed by atoms with Crippen LogP contribution in [-0.2, 0) is 16.1 Å². The first-order chi connectivity index (χ1) is 12.2. The van der Waals surface area contributed by atoms with Crippen molar-refractivity contribution in [3.63, 3.8) is 0 Å². The fourth-order valence-electron chi connectivity index (χ4n) is 2.32. The summed E-state index contributed by atoms with van der Waals surface area (Å²) in [6.07, 6.45) is 1.61. The lowest BCUT2D eigenvalue weighted by Gasteiger charge is -2.09. The molecular formula is C17H17BrN4O3. The second-order valence-electron chi connectivity index (χ2n) is 5.23. The number of para-hydroxylation sites is 2. The lowest BCUT2D eigenvalue weighted by molar-refractivity contribution is -0.118. The van der Waals surface area contributed by atoms with E-state index >= 15 is 0 Å². The van der Waals surface area contributed by atoms with Crippen LogP contribution < -0.4 is 10.1 Å². The molecule has 2 aromatic heterocycles. The third kappa shape index (κ3) is 4.34. The number of pyridine rings is 1. The summed E-state index contributed by atoms with van der Waals surface area (Å²) in [6, 6.07) is 11.6. The highest BCUT2D eigenvalue weighted by Crippen LogP contribution is 2.21. The van der Waals surface area contributed by atoms with Crippen molar-refractivity contribution in [3.05, 3.63) is 47.1 Å². The van der Waals surface area contributed by atoms with E-state index < -0.39 is 0 Å². The molecule has 7 nitrogen and oxygen atoms in total. The van der Waals surface area contributed by atoms with Crippen molar-refractivity contribution in [2.45, 2.75) is 6.54 Å². The van der Waals surface area contributed by atoms with E-state index in [4.69, 9.17) is 9.47 Å². The third-order valence-corrected chi connectivity index (χ3v) is 3.93. The summed E-state index contributed by atoms with van der Waals surface area (Å²) >= 11 is 3.30. The maximum absolute atomic E-state index is 12.1. The van der Waals surface area contributed by atoms with Crippen LogP contribution in [0.2, 0.25) is 0 Å². The lowest BCUT2D eigenvalue weighted by atomic mass is 10.3. The van der Waals surface area contributed by atoms with E-state index in [1.54, 1.807) is 25.4 Å². The number of benzene rings is 1. The topological polar surface area (TPSA) is 78.3 Å². The molecule has 0 spiro atoms. The number of hydrogen-bond acceptors (Lipinski definition) is 5.